The summed E-state index contributed by atoms with van der Waals surface area (Å²) < 4.78 is 0. The molecule has 0 spiro atoms. The molecule has 0 aromatic carbocycles. The van der Waals surface area contributed by atoms with Crippen LogP contribution in [0.1, 0.15) is 22.9 Å². The van der Waals surface area contributed by atoms with Gasteiger partial charge in [0.05, 0.1) is 0 Å². The fraction of sp³-hybridized carbons (Fsp3) is 0.333. The summed E-state index contributed by atoms with van der Waals surface area (Å²) in [5.41, 5.74) is 2.13. The first-order chi connectivity index (χ1) is 7.58. The Morgan fingerprint density at radius 2 is 1.44 bits per heavy atom. The van der Waals surface area contributed by atoms with Gasteiger partial charge in [-0.05, 0) is 39.3 Å². The molecule has 0 N–H and O–H groups in total. The van der Waals surface area contributed by atoms with Gasteiger partial charge in [-0.1, -0.05) is 0 Å². The van der Waals surface area contributed by atoms with Crippen LogP contribution in [0.5, 0.6) is 0 Å². The average Bonchev–Trinajstić information content (AvgIpc) is 2.23. The van der Waals surface area contributed by atoms with Crippen LogP contribution in [-0.4, -0.2) is 19.9 Å². The molecule has 0 bridgehead atoms. The van der Waals surface area contributed by atoms with E-state index in [1.54, 1.807) is 6.20 Å². The molecule has 0 amide bonds. The molecule has 4 nitrogen and oxygen atoms in total. The van der Waals surface area contributed by atoms with E-state index in [9.17, 15) is 0 Å². The maximum Gasteiger partial charge on any atom is 0.125 e. The van der Waals surface area contributed by atoms with Crippen molar-refractivity contribution in [3.63, 3.8) is 0 Å². The molecule has 2 rings (SSSR count). The van der Waals surface area contributed by atoms with Gasteiger partial charge in [-0.15, -0.1) is 0 Å². The lowest BCUT2D eigenvalue weighted by molar-refractivity contribution is 1.01. The van der Waals surface area contributed by atoms with E-state index < -0.39 is 0 Å². The summed E-state index contributed by atoms with van der Waals surface area (Å²) >= 11 is 0. The minimum atomic E-state index is 0.829. The Bertz CT molecular complexity index is 399. The smallest absolute Gasteiger partial charge is 0.125 e. The summed E-state index contributed by atoms with van der Waals surface area (Å²) in [6, 6.07) is 1.88. The van der Waals surface area contributed by atoms with Crippen LogP contribution in [0.3, 0.4) is 0 Å². The minimum absolute atomic E-state index is 0.829. The van der Waals surface area contributed by atoms with E-state index in [-0.39, 0.29) is 0 Å². The van der Waals surface area contributed by atoms with Crippen LogP contribution in [0.4, 0.5) is 0 Å². The van der Waals surface area contributed by atoms with Crippen molar-refractivity contribution in [2.75, 3.05) is 0 Å². The van der Waals surface area contributed by atoms with Crippen LogP contribution >= 0.6 is 0 Å². The second-order valence-electron chi connectivity index (χ2n) is 3.55. The van der Waals surface area contributed by atoms with Crippen LogP contribution in [0, 0.1) is 27.7 Å². The summed E-state index contributed by atoms with van der Waals surface area (Å²) in [7, 11) is 0. The Labute approximate surface area is 95.8 Å². The predicted molar refractivity (Wildman–Crippen MR) is 63.0 cm³/mol. The van der Waals surface area contributed by atoms with E-state index >= 15 is 0 Å². The van der Waals surface area contributed by atoms with E-state index in [0.717, 1.165) is 22.9 Å². The summed E-state index contributed by atoms with van der Waals surface area (Å²) in [4.78, 5) is 15.9. The van der Waals surface area contributed by atoms with Gasteiger partial charge in [-0.25, -0.2) is 19.9 Å². The quantitative estimate of drug-likeness (QED) is 0.677. The van der Waals surface area contributed by atoms with Crippen molar-refractivity contribution in [1.29, 1.82) is 0 Å². The van der Waals surface area contributed by atoms with Crippen molar-refractivity contribution >= 4 is 0 Å². The molecule has 16 heavy (non-hydrogen) atoms. The first-order valence-electron chi connectivity index (χ1n) is 5.09. The summed E-state index contributed by atoms with van der Waals surface area (Å²) in [5, 5.41) is 0. The average molecular weight is 216 g/mol. The van der Waals surface area contributed by atoms with E-state index in [0.29, 0.717) is 0 Å². The molecule has 0 saturated heterocycles. The molecule has 2 aromatic rings. The molecular formula is C12H16N4. The Morgan fingerprint density at radius 1 is 0.812 bits per heavy atom. The number of aryl methyl sites for hydroxylation is 4. The van der Waals surface area contributed by atoms with Gasteiger partial charge < -0.3 is 0 Å². The van der Waals surface area contributed by atoms with Crippen molar-refractivity contribution in [1.82, 2.24) is 19.9 Å². The monoisotopic (exact) mass is 216 g/mol. The molecule has 4 heteroatoms. The second-order valence-corrected chi connectivity index (χ2v) is 3.55. The molecule has 0 aliphatic carbocycles. The van der Waals surface area contributed by atoms with Gasteiger partial charge in [0.1, 0.15) is 11.6 Å². The van der Waals surface area contributed by atoms with Crippen LogP contribution in [0.2, 0.25) is 0 Å². The molecule has 0 radical (unpaired) electrons. The molecule has 0 aliphatic rings. The number of nitrogens with zero attached hydrogens (tertiary/aromatic N) is 4. The zero-order chi connectivity index (χ0) is 12.0. The minimum Gasteiger partial charge on any atom is -0.242 e. The summed E-state index contributed by atoms with van der Waals surface area (Å²) in [6.45, 7) is 7.68. The van der Waals surface area contributed by atoms with E-state index in [2.05, 4.69) is 19.9 Å². The molecule has 0 aliphatic heterocycles. The maximum absolute atomic E-state index is 4.06. The first kappa shape index (κ1) is 12.2. The zero-order valence-electron chi connectivity index (χ0n) is 10.1. The first-order valence-corrected chi connectivity index (χ1v) is 5.09. The van der Waals surface area contributed by atoms with Gasteiger partial charge in [0.2, 0.25) is 0 Å². The molecule has 0 unspecified atom stereocenters. The highest BCUT2D eigenvalue weighted by atomic mass is 14.9. The van der Waals surface area contributed by atoms with Gasteiger partial charge in [-0.2, -0.15) is 0 Å². The Kier molecular flexibility index (Phi) is 4.51. The molecular weight excluding hydrogens is 200 g/mol. The summed E-state index contributed by atoms with van der Waals surface area (Å²) in [5.74, 6) is 1.67. The normalized spacial score (nSPS) is 9.25. The Hall–Kier alpha value is -1.84. The molecule has 0 fully saturated rings. The van der Waals surface area contributed by atoms with Crippen LogP contribution in [0.15, 0.2) is 24.7 Å². The largest absolute Gasteiger partial charge is 0.242 e. The van der Waals surface area contributed by atoms with Crippen LogP contribution < -0.4 is 0 Å². The van der Waals surface area contributed by atoms with Gasteiger partial charge >= 0.3 is 0 Å². The number of hydrogen-bond donors (Lipinski definition) is 0. The third-order valence-electron chi connectivity index (χ3n) is 1.83. The lowest BCUT2D eigenvalue weighted by Gasteiger charge is -1.89. The van der Waals surface area contributed by atoms with Crippen molar-refractivity contribution in [2.45, 2.75) is 27.7 Å². The third-order valence-corrected chi connectivity index (χ3v) is 1.83. The number of hydrogen-bond acceptors (Lipinski definition) is 4. The van der Waals surface area contributed by atoms with Crippen LogP contribution in [-0.2, 0) is 0 Å². The van der Waals surface area contributed by atoms with Crippen molar-refractivity contribution in [2.24, 2.45) is 0 Å². The standard InChI is InChI=1S/2C6H8N2/c1-5-3-7-6(2)8-4-5;1-5-3-4-7-6(2)8-5/h2*3-4H,1-2H3. The van der Waals surface area contributed by atoms with Crippen molar-refractivity contribution in [3.8, 4) is 0 Å². The fourth-order valence-corrected chi connectivity index (χ4v) is 1.03. The number of rotatable bonds is 0. The highest BCUT2D eigenvalue weighted by Gasteiger charge is 1.83. The van der Waals surface area contributed by atoms with Gasteiger partial charge in [-0.3, -0.25) is 0 Å². The topological polar surface area (TPSA) is 51.6 Å². The van der Waals surface area contributed by atoms with E-state index in [1.807, 2.05) is 46.2 Å². The molecule has 2 aromatic heterocycles. The second kappa shape index (κ2) is 5.90. The van der Waals surface area contributed by atoms with Crippen LogP contribution in [0.25, 0.3) is 0 Å². The molecule has 0 saturated carbocycles. The highest BCUT2D eigenvalue weighted by Crippen LogP contribution is 1.89. The molecule has 84 valence electrons. The SMILES string of the molecule is Cc1ccnc(C)n1.Cc1cnc(C)nc1. The van der Waals surface area contributed by atoms with Crippen molar-refractivity contribution < 1.29 is 0 Å². The predicted octanol–water partition coefficient (Wildman–Crippen LogP) is 2.19. The third kappa shape index (κ3) is 4.59. The van der Waals surface area contributed by atoms with Gasteiger partial charge in [0.25, 0.3) is 0 Å². The van der Waals surface area contributed by atoms with E-state index in [4.69, 9.17) is 0 Å². The van der Waals surface area contributed by atoms with E-state index in [1.165, 1.54) is 0 Å². The van der Waals surface area contributed by atoms with Crippen molar-refractivity contribution in [3.05, 3.63) is 47.6 Å². The fourth-order valence-electron chi connectivity index (χ4n) is 1.03. The zero-order valence-corrected chi connectivity index (χ0v) is 10.1. The van der Waals surface area contributed by atoms with Gasteiger partial charge in [0.15, 0.2) is 0 Å². The molecule has 2 heterocycles. The Balaban J connectivity index is 0.000000160. The lowest BCUT2D eigenvalue weighted by atomic mass is 10.4. The highest BCUT2D eigenvalue weighted by molar-refractivity contribution is 5.00. The number of aromatic nitrogens is 4. The molecule has 0 atom stereocenters. The Morgan fingerprint density at radius 3 is 1.81 bits per heavy atom. The lowest BCUT2D eigenvalue weighted by Crippen LogP contribution is -1.86. The maximum atomic E-state index is 4.06. The summed E-state index contributed by atoms with van der Waals surface area (Å²) in [6.07, 6.45) is 5.38. The van der Waals surface area contributed by atoms with Gasteiger partial charge in [0, 0.05) is 24.3 Å².